The third-order valence-corrected chi connectivity index (χ3v) is 8.49. The van der Waals surface area contributed by atoms with Crippen molar-refractivity contribution < 1.29 is 29.1 Å². The van der Waals surface area contributed by atoms with Gasteiger partial charge in [-0.25, -0.2) is 4.79 Å². The molecule has 0 aliphatic carbocycles. The summed E-state index contributed by atoms with van der Waals surface area (Å²) < 4.78 is 5.73. The fourth-order valence-corrected chi connectivity index (χ4v) is 6.00. The number of nitrogens with zero attached hydrogens (tertiary/aromatic N) is 2. The number of carbonyl (C=O) groups excluding carboxylic acids is 2. The highest BCUT2D eigenvalue weighted by molar-refractivity contribution is 5.91. The van der Waals surface area contributed by atoms with Crippen molar-refractivity contribution in [2.75, 3.05) is 6.54 Å². The van der Waals surface area contributed by atoms with Crippen molar-refractivity contribution in [1.82, 2.24) is 36.4 Å². The molecule has 0 radical (unpaired) electrons. The third-order valence-electron chi connectivity index (χ3n) is 8.49. The number of phenols is 1. The van der Waals surface area contributed by atoms with Gasteiger partial charge in [-0.05, 0) is 66.3 Å². The minimum Gasteiger partial charge on any atom is -0.508 e. The molecule has 266 valence electrons. The highest BCUT2D eigenvalue weighted by atomic mass is 16.5. The molecule has 3 aromatic carbocycles. The molecule has 0 fully saturated rings. The second-order valence-corrected chi connectivity index (χ2v) is 12.3. The molecule has 2 aromatic heterocycles. The molecule has 10 N–H and O–H groups in total. The zero-order valence-electron chi connectivity index (χ0n) is 28.2. The molecule has 5 rings (SSSR count). The van der Waals surface area contributed by atoms with E-state index in [9.17, 15) is 24.6 Å². The molecule has 51 heavy (non-hydrogen) atoms. The summed E-state index contributed by atoms with van der Waals surface area (Å²) >= 11 is 0. The second kappa shape index (κ2) is 16.3. The molecular weight excluding hydrogens is 654 g/mol. The van der Waals surface area contributed by atoms with Crippen LogP contribution in [0.3, 0.4) is 0 Å². The molecule has 5 aromatic rings. The Hall–Kier alpha value is -6.38. The molecule has 2 heterocycles. The second-order valence-electron chi connectivity index (χ2n) is 12.3. The van der Waals surface area contributed by atoms with E-state index in [1.807, 2.05) is 60.8 Å². The van der Waals surface area contributed by atoms with Crippen LogP contribution in [-0.2, 0) is 28.9 Å². The smallest absolute Gasteiger partial charge is 0.405 e. The van der Waals surface area contributed by atoms with E-state index in [2.05, 4.69) is 36.4 Å². The van der Waals surface area contributed by atoms with Crippen LogP contribution in [0.25, 0.3) is 10.9 Å². The molecule has 15 heteroatoms. The summed E-state index contributed by atoms with van der Waals surface area (Å²) in [6, 6.07) is 17.2. The highest BCUT2D eigenvalue weighted by Gasteiger charge is 2.31. The maximum Gasteiger partial charge on any atom is 0.405 e. The van der Waals surface area contributed by atoms with Gasteiger partial charge in [0.15, 0.2) is 11.8 Å². The quantitative estimate of drug-likeness (QED) is 0.0572. The number of amides is 3. The number of para-hydroxylation sites is 1. The first-order chi connectivity index (χ1) is 24.5. The lowest BCUT2D eigenvalue weighted by molar-refractivity contribution is -0.130. The Balaban J connectivity index is 1.46. The van der Waals surface area contributed by atoms with Gasteiger partial charge in [0.25, 0.3) is 0 Å². The summed E-state index contributed by atoms with van der Waals surface area (Å²) in [5.74, 6) is -1.02. The predicted molar refractivity (Wildman–Crippen MR) is 189 cm³/mol. The van der Waals surface area contributed by atoms with Crippen molar-refractivity contribution in [2.45, 2.75) is 57.7 Å². The number of carbonyl (C=O) groups is 3. The fraction of sp³-hybridized carbons (Fsp3) is 0.278. The van der Waals surface area contributed by atoms with E-state index in [0.29, 0.717) is 28.9 Å². The summed E-state index contributed by atoms with van der Waals surface area (Å²) in [7, 11) is 0. The van der Waals surface area contributed by atoms with E-state index in [-0.39, 0.29) is 43.4 Å². The highest BCUT2D eigenvalue weighted by Crippen LogP contribution is 2.26. The van der Waals surface area contributed by atoms with E-state index >= 15 is 0 Å². The number of benzene rings is 3. The van der Waals surface area contributed by atoms with Gasteiger partial charge < -0.3 is 46.7 Å². The van der Waals surface area contributed by atoms with Crippen molar-refractivity contribution in [1.29, 1.82) is 5.41 Å². The molecule has 3 amide bonds. The molecule has 3 unspecified atom stereocenters. The number of rotatable bonds is 15. The molecule has 0 spiro atoms. The van der Waals surface area contributed by atoms with E-state index in [1.165, 1.54) is 0 Å². The Labute approximate surface area is 293 Å². The van der Waals surface area contributed by atoms with Crippen LogP contribution in [-0.4, -0.2) is 67.8 Å². The number of hydrogen-bond donors (Lipinski definition) is 9. The number of aromatic nitrogens is 3. The number of phenolic OH excluding ortho intramolecular Hbond substituents is 1. The zero-order chi connectivity index (χ0) is 36.5. The number of fused-ring (bicyclic) bond motifs is 1. The Kier molecular flexibility index (Phi) is 11.5. The predicted octanol–water partition coefficient (Wildman–Crippen LogP) is 3.10. The molecule has 0 aliphatic heterocycles. The van der Waals surface area contributed by atoms with Crippen LogP contribution in [0.5, 0.6) is 5.75 Å². The van der Waals surface area contributed by atoms with Crippen LogP contribution in [0.15, 0.2) is 77.4 Å². The lowest BCUT2D eigenvalue weighted by Gasteiger charge is -2.25. The Morgan fingerprint density at radius 1 is 0.941 bits per heavy atom. The average Bonchev–Trinajstić information content (AvgIpc) is 3.72. The number of guanidine groups is 1. The average molecular weight is 696 g/mol. The van der Waals surface area contributed by atoms with Crippen LogP contribution >= 0.6 is 0 Å². The number of aromatic hydroxyl groups is 1. The Morgan fingerprint density at radius 2 is 1.63 bits per heavy atom. The van der Waals surface area contributed by atoms with Gasteiger partial charge in [0.2, 0.25) is 17.7 Å². The molecule has 0 saturated carbocycles. The van der Waals surface area contributed by atoms with Gasteiger partial charge in [0.05, 0.1) is 0 Å². The summed E-state index contributed by atoms with van der Waals surface area (Å²) in [5.41, 5.74) is 10.2. The van der Waals surface area contributed by atoms with E-state index < -0.39 is 36.0 Å². The topological polar surface area (TPSA) is 244 Å². The first kappa shape index (κ1) is 35.9. The fourth-order valence-electron chi connectivity index (χ4n) is 6.00. The van der Waals surface area contributed by atoms with Crippen molar-refractivity contribution in [3.05, 3.63) is 112 Å². The van der Waals surface area contributed by atoms with Gasteiger partial charge >= 0.3 is 6.09 Å². The lowest BCUT2D eigenvalue weighted by Crippen LogP contribution is -2.55. The summed E-state index contributed by atoms with van der Waals surface area (Å²) in [6.45, 7) is 3.59. The number of aryl methyl sites for hydroxylation is 2. The third kappa shape index (κ3) is 9.62. The van der Waals surface area contributed by atoms with Crippen LogP contribution in [0.1, 0.15) is 52.0 Å². The van der Waals surface area contributed by atoms with Gasteiger partial charge in [0, 0.05) is 42.9 Å². The van der Waals surface area contributed by atoms with Crippen LogP contribution < -0.4 is 27.0 Å². The molecule has 3 atom stereocenters. The van der Waals surface area contributed by atoms with Crippen molar-refractivity contribution >= 4 is 34.8 Å². The molecule has 15 nitrogen and oxygen atoms in total. The Bertz CT molecular complexity index is 1990. The van der Waals surface area contributed by atoms with Crippen molar-refractivity contribution in [2.24, 2.45) is 5.73 Å². The van der Waals surface area contributed by atoms with Crippen molar-refractivity contribution in [3.8, 4) is 5.75 Å². The first-order valence-corrected chi connectivity index (χ1v) is 16.4. The number of H-pyrrole nitrogens is 1. The van der Waals surface area contributed by atoms with E-state index in [1.54, 1.807) is 26.0 Å². The number of hydrogen-bond acceptors (Lipinski definition) is 8. The molecule has 0 aliphatic rings. The summed E-state index contributed by atoms with van der Waals surface area (Å²) in [6.07, 6.45) is 1.05. The van der Waals surface area contributed by atoms with Crippen LogP contribution in [0.2, 0.25) is 0 Å². The number of carboxylic acid groups (broad SMARTS) is 1. The number of nitrogens with one attached hydrogen (secondary N) is 6. The molecule has 0 bridgehead atoms. The zero-order valence-corrected chi connectivity index (χ0v) is 28.2. The van der Waals surface area contributed by atoms with Crippen molar-refractivity contribution in [3.63, 3.8) is 0 Å². The normalized spacial score (nSPS) is 12.8. The Morgan fingerprint density at radius 3 is 2.33 bits per heavy atom. The minimum atomic E-state index is -1.44. The van der Waals surface area contributed by atoms with E-state index in [0.717, 1.165) is 22.0 Å². The number of aromatic amines is 1. The summed E-state index contributed by atoms with van der Waals surface area (Å²) in [5, 5.41) is 42.6. The van der Waals surface area contributed by atoms with Gasteiger partial charge in [-0.3, -0.25) is 15.0 Å². The standard InChI is InChI=1S/C36H41N9O6/c1-20-14-24(46)15-21(2)26(20)18-29(41-32(47)28(43-36(49)50)12-13-39-35(37)38)33(48)42-30(17-23-19-40-27-11-7-6-10-25(23)27)34-44-31(45-51-34)16-22-8-4-3-5-9-22/h3-11,14-15,19,28-30,40,43,46H,12-13,16-18H2,1-2H3,(H,41,47)(H,42,48)(H,49,50)(H4,37,38,39). The lowest BCUT2D eigenvalue weighted by atomic mass is 9.95. The van der Waals surface area contributed by atoms with Gasteiger partial charge in [-0.2, -0.15) is 4.98 Å². The SMILES string of the molecule is Cc1cc(O)cc(C)c1CC(NC(=O)C(CCNC(=N)N)NC(=O)O)C(=O)NC(Cc1c[nH]c2ccccc12)c1nc(Cc2ccccc2)no1. The van der Waals surface area contributed by atoms with Crippen LogP contribution in [0, 0.1) is 19.3 Å². The monoisotopic (exact) mass is 695 g/mol. The minimum absolute atomic E-state index is 0.0178. The summed E-state index contributed by atoms with van der Waals surface area (Å²) in [4.78, 5) is 47.4. The first-order valence-electron chi connectivity index (χ1n) is 16.4. The van der Waals surface area contributed by atoms with E-state index in [4.69, 9.17) is 15.7 Å². The van der Waals surface area contributed by atoms with Gasteiger partial charge in [-0.1, -0.05) is 53.7 Å². The van der Waals surface area contributed by atoms with Gasteiger partial charge in [-0.15, -0.1) is 0 Å². The largest absolute Gasteiger partial charge is 0.508 e. The van der Waals surface area contributed by atoms with Crippen LogP contribution in [0.4, 0.5) is 4.79 Å². The maximum atomic E-state index is 14.3. The molecule has 0 saturated heterocycles. The molecular formula is C36H41N9O6. The van der Waals surface area contributed by atoms with Gasteiger partial charge in [0.1, 0.15) is 23.9 Å². The maximum absolute atomic E-state index is 14.3. The number of nitrogens with two attached hydrogens (primary N) is 1.